The van der Waals surface area contributed by atoms with Crippen LogP contribution in [0, 0.1) is 5.92 Å². The largest absolute Gasteiger partial charge is 0.369 e. The molecule has 0 aromatic heterocycles. The summed E-state index contributed by atoms with van der Waals surface area (Å²) in [4.78, 5) is 24.4. The number of amides is 2. The van der Waals surface area contributed by atoms with Gasteiger partial charge in [-0.3, -0.25) is 9.59 Å². The van der Waals surface area contributed by atoms with Gasteiger partial charge in [-0.2, -0.15) is 0 Å². The number of nitrogens with one attached hydrogen (secondary N) is 1. The van der Waals surface area contributed by atoms with Gasteiger partial charge in [0.1, 0.15) is 0 Å². The Morgan fingerprint density at radius 1 is 1.21 bits per heavy atom. The first-order valence-electron chi connectivity index (χ1n) is 8.13. The molecular weight excluding hydrogens is 346 g/mol. The highest BCUT2D eigenvalue weighted by Gasteiger charge is 2.25. The third kappa shape index (κ3) is 6.00. The van der Waals surface area contributed by atoms with E-state index in [1.807, 2.05) is 18.2 Å². The van der Waals surface area contributed by atoms with Crippen LogP contribution in [0.2, 0.25) is 0 Å². The molecule has 2 amide bonds. The van der Waals surface area contributed by atoms with E-state index in [-0.39, 0.29) is 30.1 Å². The molecule has 0 spiro atoms. The van der Waals surface area contributed by atoms with Crippen LogP contribution in [0.15, 0.2) is 29.2 Å². The fourth-order valence-electron chi connectivity index (χ4n) is 3.08. The summed E-state index contributed by atoms with van der Waals surface area (Å²) >= 11 is 1.29. The Morgan fingerprint density at radius 2 is 1.88 bits per heavy atom. The molecule has 1 saturated carbocycles. The van der Waals surface area contributed by atoms with E-state index in [4.69, 9.17) is 11.5 Å². The number of nitrogens with two attached hydrogens (primary N) is 2. The van der Waals surface area contributed by atoms with Crippen LogP contribution in [-0.4, -0.2) is 30.2 Å². The van der Waals surface area contributed by atoms with Crippen molar-refractivity contribution in [2.45, 2.75) is 43.0 Å². The molecule has 7 heteroatoms. The molecule has 5 N–H and O–H groups in total. The first kappa shape index (κ1) is 20.8. The van der Waals surface area contributed by atoms with Gasteiger partial charge in [-0.05, 0) is 30.9 Å². The number of rotatable bonds is 7. The zero-order valence-corrected chi connectivity index (χ0v) is 15.3. The summed E-state index contributed by atoms with van der Waals surface area (Å²) in [6.45, 7) is 0.451. The fourth-order valence-corrected chi connectivity index (χ4v) is 3.87. The maximum atomic E-state index is 12.6. The molecule has 1 unspecified atom stereocenters. The quantitative estimate of drug-likeness (QED) is 0.640. The molecule has 24 heavy (non-hydrogen) atoms. The van der Waals surface area contributed by atoms with Crippen molar-refractivity contribution < 1.29 is 9.59 Å². The van der Waals surface area contributed by atoms with E-state index in [0.717, 1.165) is 17.7 Å². The van der Waals surface area contributed by atoms with Gasteiger partial charge in [-0.1, -0.05) is 31.4 Å². The number of benzene rings is 1. The van der Waals surface area contributed by atoms with Crippen LogP contribution in [0.5, 0.6) is 0 Å². The minimum atomic E-state index is -0.396. The lowest BCUT2D eigenvalue weighted by Crippen LogP contribution is -2.46. The van der Waals surface area contributed by atoms with Crippen molar-refractivity contribution in [1.29, 1.82) is 0 Å². The molecule has 1 aliphatic carbocycles. The summed E-state index contributed by atoms with van der Waals surface area (Å²) in [6.07, 6.45) is 5.94. The Hall–Kier alpha value is -1.24. The molecule has 0 bridgehead atoms. The van der Waals surface area contributed by atoms with Crippen LogP contribution >= 0.6 is 24.2 Å². The number of carbonyl (C=O) groups excluding carboxylic acids is 2. The number of carbonyl (C=O) groups is 2. The molecule has 1 aromatic rings. The lowest BCUT2D eigenvalue weighted by molar-refractivity contribution is -0.115. The van der Waals surface area contributed by atoms with Crippen molar-refractivity contribution in [3.63, 3.8) is 0 Å². The predicted molar refractivity (Wildman–Crippen MR) is 100 cm³/mol. The van der Waals surface area contributed by atoms with Crippen molar-refractivity contribution in [2.75, 3.05) is 12.3 Å². The fraction of sp³-hybridized carbons (Fsp3) is 0.529. The van der Waals surface area contributed by atoms with Gasteiger partial charge in [-0.15, -0.1) is 24.2 Å². The minimum Gasteiger partial charge on any atom is -0.369 e. The van der Waals surface area contributed by atoms with Crippen LogP contribution in [0.1, 0.15) is 42.5 Å². The molecule has 134 valence electrons. The summed E-state index contributed by atoms with van der Waals surface area (Å²) in [5, 5.41) is 3.09. The van der Waals surface area contributed by atoms with Crippen molar-refractivity contribution in [1.82, 2.24) is 5.32 Å². The molecule has 0 radical (unpaired) electrons. The van der Waals surface area contributed by atoms with Gasteiger partial charge in [0.15, 0.2) is 0 Å². The van der Waals surface area contributed by atoms with Crippen LogP contribution in [-0.2, 0) is 4.79 Å². The second-order valence-corrected chi connectivity index (χ2v) is 6.98. The molecule has 0 aliphatic heterocycles. The Morgan fingerprint density at radius 3 is 2.50 bits per heavy atom. The molecule has 1 fully saturated rings. The van der Waals surface area contributed by atoms with Gasteiger partial charge in [0, 0.05) is 17.5 Å². The maximum Gasteiger partial charge on any atom is 0.252 e. The standard InChI is InChI=1S/C17H25N3O2S.ClH/c18-10-14(12-6-2-1-3-7-12)20-17(22)13-8-4-5-9-15(13)23-11-16(19)21;/h4-5,8-9,12,14H,1-3,6-7,10-11,18H2,(H2,19,21)(H,20,22);1H. The lowest BCUT2D eigenvalue weighted by Gasteiger charge is -2.30. The Labute approximate surface area is 153 Å². The number of primary amides is 1. The van der Waals surface area contributed by atoms with Gasteiger partial charge in [0.2, 0.25) is 5.91 Å². The van der Waals surface area contributed by atoms with E-state index in [9.17, 15) is 9.59 Å². The van der Waals surface area contributed by atoms with Crippen LogP contribution < -0.4 is 16.8 Å². The zero-order chi connectivity index (χ0) is 16.7. The number of hydrogen-bond acceptors (Lipinski definition) is 4. The van der Waals surface area contributed by atoms with Crippen molar-refractivity contribution in [2.24, 2.45) is 17.4 Å². The number of thioether (sulfide) groups is 1. The SMILES string of the molecule is Cl.NCC(NC(=O)c1ccccc1SCC(N)=O)C1CCCCC1. The van der Waals surface area contributed by atoms with Crippen LogP contribution in [0.25, 0.3) is 0 Å². The summed E-state index contributed by atoms with van der Waals surface area (Å²) in [5.41, 5.74) is 11.7. The summed E-state index contributed by atoms with van der Waals surface area (Å²) in [5.74, 6) is 0.0988. The van der Waals surface area contributed by atoms with Crippen LogP contribution in [0.4, 0.5) is 0 Å². The molecule has 0 heterocycles. The third-order valence-electron chi connectivity index (χ3n) is 4.29. The Bertz CT molecular complexity index is 550. The van der Waals surface area contributed by atoms with Gasteiger partial charge in [-0.25, -0.2) is 0 Å². The lowest BCUT2D eigenvalue weighted by atomic mass is 9.84. The Balaban J connectivity index is 0.00000288. The van der Waals surface area contributed by atoms with Gasteiger partial charge < -0.3 is 16.8 Å². The van der Waals surface area contributed by atoms with Crippen molar-refractivity contribution >= 4 is 36.0 Å². The average Bonchev–Trinajstić information content (AvgIpc) is 2.58. The van der Waals surface area contributed by atoms with E-state index in [2.05, 4.69) is 5.32 Å². The Kier molecular flexibility index (Phi) is 9.18. The first-order valence-corrected chi connectivity index (χ1v) is 9.11. The van der Waals surface area contributed by atoms with Gasteiger partial charge >= 0.3 is 0 Å². The van der Waals surface area contributed by atoms with E-state index in [1.165, 1.54) is 31.0 Å². The second-order valence-electron chi connectivity index (χ2n) is 5.96. The highest BCUT2D eigenvalue weighted by molar-refractivity contribution is 8.00. The topological polar surface area (TPSA) is 98.2 Å². The van der Waals surface area contributed by atoms with Crippen LogP contribution in [0.3, 0.4) is 0 Å². The highest BCUT2D eigenvalue weighted by Crippen LogP contribution is 2.27. The second kappa shape index (κ2) is 10.6. The third-order valence-corrected chi connectivity index (χ3v) is 5.39. The summed E-state index contributed by atoms with van der Waals surface area (Å²) in [7, 11) is 0. The summed E-state index contributed by atoms with van der Waals surface area (Å²) < 4.78 is 0. The zero-order valence-electron chi connectivity index (χ0n) is 13.7. The number of hydrogen-bond donors (Lipinski definition) is 3. The van der Waals surface area contributed by atoms with E-state index in [1.54, 1.807) is 6.07 Å². The monoisotopic (exact) mass is 371 g/mol. The van der Waals surface area contributed by atoms with E-state index < -0.39 is 5.91 Å². The molecule has 0 saturated heterocycles. The van der Waals surface area contributed by atoms with Gasteiger partial charge in [0.05, 0.1) is 11.3 Å². The average molecular weight is 372 g/mol. The normalized spacial score (nSPS) is 16.0. The maximum absolute atomic E-state index is 12.6. The van der Waals surface area contributed by atoms with Crippen molar-refractivity contribution in [3.05, 3.63) is 29.8 Å². The summed E-state index contributed by atoms with van der Waals surface area (Å²) in [6, 6.07) is 7.29. The predicted octanol–water partition coefficient (Wildman–Crippen LogP) is 2.32. The van der Waals surface area contributed by atoms with E-state index >= 15 is 0 Å². The molecule has 2 rings (SSSR count). The van der Waals surface area contributed by atoms with Crippen molar-refractivity contribution in [3.8, 4) is 0 Å². The number of halogens is 1. The highest BCUT2D eigenvalue weighted by atomic mass is 35.5. The molecule has 5 nitrogen and oxygen atoms in total. The minimum absolute atomic E-state index is 0. The van der Waals surface area contributed by atoms with Gasteiger partial charge in [0.25, 0.3) is 5.91 Å². The smallest absolute Gasteiger partial charge is 0.252 e. The molecular formula is C17H26ClN3O2S. The molecule has 1 aromatic carbocycles. The molecule has 1 atom stereocenters. The van der Waals surface area contributed by atoms with E-state index in [0.29, 0.717) is 18.0 Å². The molecule has 1 aliphatic rings. The first-order chi connectivity index (χ1) is 11.1.